The Bertz CT molecular complexity index is 553. The van der Waals surface area contributed by atoms with Gasteiger partial charge in [0.1, 0.15) is 0 Å². The molecule has 2 aliphatic rings. The Morgan fingerprint density at radius 3 is 2.48 bits per heavy atom. The number of carbonyl (C=O) groups is 2. The fourth-order valence-corrected chi connectivity index (χ4v) is 3.58. The van der Waals surface area contributed by atoms with Crippen molar-refractivity contribution in [3.63, 3.8) is 0 Å². The Hall–Kier alpha value is -1.59. The first-order valence-corrected chi connectivity index (χ1v) is 9.07. The monoisotopic (exact) mass is 365 g/mol. The highest BCUT2D eigenvalue weighted by Crippen LogP contribution is 2.17. The van der Waals surface area contributed by atoms with Crippen molar-refractivity contribution in [3.8, 4) is 0 Å². The summed E-state index contributed by atoms with van der Waals surface area (Å²) in [6.45, 7) is 3.65. The maximum absolute atomic E-state index is 12.3. The van der Waals surface area contributed by atoms with Crippen molar-refractivity contribution in [2.24, 2.45) is 5.92 Å². The van der Waals surface area contributed by atoms with Crippen LogP contribution in [0.2, 0.25) is 0 Å². The summed E-state index contributed by atoms with van der Waals surface area (Å²) >= 11 is 0. The number of hydrogen-bond donors (Lipinski definition) is 2. The van der Waals surface area contributed by atoms with Crippen LogP contribution in [0.25, 0.3) is 0 Å². The zero-order chi connectivity index (χ0) is 16.8. The second-order valence-electron chi connectivity index (χ2n) is 6.89. The minimum absolute atomic E-state index is 0. The van der Waals surface area contributed by atoms with Crippen molar-refractivity contribution in [1.82, 2.24) is 15.5 Å². The van der Waals surface area contributed by atoms with E-state index < -0.39 is 0 Å². The summed E-state index contributed by atoms with van der Waals surface area (Å²) < 4.78 is 0. The number of amides is 2. The topological polar surface area (TPSA) is 61.4 Å². The van der Waals surface area contributed by atoms with Gasteiger partial charge in [-0.05, 0) is 56.8 Å². The van der Waals surface area contributed by atoms with Crippen LogP contribution < -0.4 is 10.6 Å². The molecule has 2 amide bonds. The summed E-state index contributed by atoms with van der Waals surface area (Å²) in [5, 5.41) is 6.43. The normalized spacial score (nSPS) is 20.8. The number of likely N-dealkylation sites (tertiary alicyclic amines) is 1. The number of rotatable bonds is 5. The van der Waals surface area contributed by atoms with Crippen LogP contribution in [0.1, 0.15) is 42.5 Å². The Morgan fingerprint density at radius 1 is 1.12 bits per heavy atom. The van der Waals surface area contributed by atoms with Crippen LogP contribution in [0, 0.1) is 5.92 Å². The van der Waals surface area contributed by atoms with E-state index in [0.29, 0.717) is 17.9 Å². The molecule has 1 aromatic rings. The van der Waals surface area contributed by atoms with Gasteiger partial charge in [-0.2, -0.15) is 0 Å². The third kappa shape index (κ3) is 5.72. The van der Waals surface area contributed by atoms with E-state index in [-0.39, 0.29) is 30.3 Å². The van der Waals surface area contributed by atoms with Gasteiger partial charge in [-0.1, -0.05) is 18.2 Å². The van der Waals surface area contributed by atoms with E-state index in [1.165, 1.54) is 6.42 Å². The second-order valence-corrected chi connectivity index (χ2v) is 6.89. The highest BCUT2D eigenvalue weighted by molar-refractivity contribution is 5.94. The van der Waals surface area contributed by atoms with Gasteiger partial charge in [0.05, 0.1) is 0 Å². The van der Waals surface area contributed by atoms with E-state index in [4.69, 9.17) is 0 Å². The molecule has 25 heavy (non-hydrogen) atoms. The molecule has 0 bridgehead atoms. The van der Waals surface area contributed by atoms with Crippen molar-refractivity contribution in [2.75, 3.05) is 26.2 Å². The summed E-state index contributed by atoms with van der Waals surface area (Å²) in [6.07, 6.45) is 4.54. The second kappa shape index (κ2) is 9.78. The molecule has 6 heteroatoms. The maximum Gasteiger partial charge on any atom is 0.251 e. The Kier molecular flexibility index (Phi) is 7.72. The molecule has 1 aromatic carbocycles. The van der Waals surface area contributed by atoms with E-state index in [1.54, 1.807) is 0 Å². The quantitative estimate of drug-likeness (QED) is 0.841. The fraction of sp³-hybridized carbons (Fsp3) is 0.579. The minimum atomic E-state index is -0.0193. The molecule has 0 radical (unpaired) electrons. The molecule has 3 rings (SSSR count). The van der Waals surface area contributed by atoms with Crippen LogP contribution in [0.5, 0.6) is 0 Å². The van der Waals surface area contributed by atoms with Gasteiger partial charge in [-0.3, -0.25) is 9.59 Å². The largest absolute Gasteiger partial charge is 0.349 e. The number of benzene rings is 1. The molecule has 1 unspecified atom stereocenters. The van der Waals surface area contributed by atoms with Crippen molar-refractivity contribution in [2.45, 2.75) is 38.1 Å². The molecular weight excluding hydrogens is 338 g/mol. The average Bonchev–Trinajstić information content (AvgIpc) is 3.14. The van der Waals surface area contributed by atoms with Gasteiger partial charge in [0.25, 0.3) is 5.91 Å². The van der Waals surface area contributed by atoms with E-state index in [9.17, 15) is 9.59 Å². The van der Waals surface area contributed by atoms with Gasteiger partial charge in [0.15, 0.2) is 0 Å². The molecule has 1 atom stereocenters. The lowest BCUT2D eigenvalue weighted by molar-refractivity contribution is -0.132. The predicted octanol–water partition coefficient (Wildman–Crippen LogP) is 2.22. The number of carbonyl (C=O) groups excluding carboxylic acids is 2. The summed E-state index contributed by atoms with van der Waals surface area (Å²) in [5.41, 5.74) is 0.696. The summed E-state index contributed by atoms with van der Waals surface area (Å²) in [7, 11) is 0. The van der Waals surface area contributed by atoms with E-state index in [0.717, 1.165) is 45.4 Å². The van der Waals surface area contributed by atoms with Crippen LogP contribution in [0.4, 0.5) is 0 Å². The Morgan fingerprint density at radius 2 is 1.84 bits per heavy atom. The highest BCUT2D eigenvalue weighted by Gasteiger charge is 2.25. The number of halogens is 1. The van der Waals surface area contributed by atoms with Gasteiger partial charge in [0.2, 0.25) is 5.91 Å². The Balaban J connectivity index is 0.00000225. The van der Waals surface area contributed by atoms with Crippen molar-refractivity contribution < 1.29 is 9.59 Å². The molecule has 2 heterocycles. The first kappa shape index (κ1) is 19.7. The lowest BCUT2D eigenvalue weighted by atomic mass is 10.0. The standard InChI is InChI=1S/C19H27N3O2.ClH/c23-18(7-6-15-8-11-20-14-15)22-12-9-17(10-13-22)21-19(24)16-4-2-1-3-5-16;/h1-5,15,17,20H,6-14H2,(H,21,24);1H. The minimum Gasteiger partial charge on any atom is -0.349 e. The Labute approximate surface area is 155 Å². The average molecular weight is 366 g/mol. The first-order chi connectivity index (χ1) is 11.7. The number of hydrogen-bond acceptors (Lipinski definition) is 3. The molecule has 2 fully saturated rings. The molecule has 2 N–H and O–H groups in total. The molecule has 2 aliphatic heterocycles. The van der Waals surface area contributed by atoms with Crippen LogP contribution in [0.15, 0.2) is 30.3 Å². The third-order valence-electron chi connectivity index (χ3n) is 5.15. The molecule has 138 valence electrons. The smallest absolute Gasteiger partial charge is 0.251 e. The SMILES string of the molecule is Cl.O=C(NC1CCN(C(=O)CCC2CCNC2)CC1)c1ccccc1. The zero-order valence-electron chi connectivity index (χ0n) is 14.6. The summed E-state index contributed by atoms with van der Waals surface area (Å²) in [5.74, 6) is 0.917. The predicted molar refractivity (Wildman–Crippen MR) is 101 cm³/mol. The molecule has 0 saturated carbocycles. The first-order valence-electron chi connectivity index (χ1n) is 9.07. The maximum atomic E-state index is 12.3. The molecule has 5 nitrogen and oxygen atoms in total. The van der Waals surface area contributed by atoms with E-state index in [1.807, 2.05) is 35.2 Å². The molecule has 0 aromatic heterocycles. The summed E-state index contributed by atoms with van der Waals surface area (Å²) in [6, 6.07) is 9.47. The van der Waals surface area contributed by atoms with Crippen LogP contribution >= 0.6 is 12.4 Å². The zero-order valence-corrected chi connectivity index (χ0v) is 15.4. The number of nitrogens with one attached hydrogen (secondary N) is 2. The highest BCUT2D eigenvalue weighted by atomic mass is 35.5. The van der Waals surface area contributed by atoms with Gasteiger partial charge < -0.3 is 15.5 Å². The lowest BCUT2D eigenvalue weighted by Gasteiger charge is -2.32. The van der Waals surface area contributed by atoms with E-state index in [2.05, 4.69) is 10.6 Å². The third-order valence-corrected chi connectivity index (χ3v) is 5.15. The number of piperidine rings is 1. The fourth-order valence-electron chi connectivity index (χ4n) is 3.58. The van der Waals surface area contributed by atoms with Gasteiger partial charge >= 0.3 is 0 Å². The van der Waals surface area contributed by atoms with Crippen molar-refractivity contribution >= 4 is 24.2 Å². The lowest BCUT2D eigenvalue weighted by Crippen LogP contribution is -2.46. The van der Waals surface area contributed by atoms with Crippen molar-refractivity contribution in [3.05, 3.63) is 35.9 Å². The molecule has 2 saturated heterocycles. The van der Waals surface area contributed by atoms with Crippen LogP contribution in [-0.4, -0.2) is 48.9 Å². The van der Waals surface area contributed by atoms with E-state index >= 15 is 0 Å². The van der Waals surface area contributed by atoms with Crippen LogP contribution in [0.3, 0.4) is 0 Å². The van der Waals surface area contributed by atoms with Gasteiger partial charge in [0, 0.05) is 31.1 Å². The van der Waals surface area contributed by atoms with Gasteiger partial charge in [-0.25, -0.2) is 0 Å². The molecule has 0 aliphatic carbocycles. The number of nitrogens with zero attached hydrogens (tertiary/aromatic N) is 1. The van der Waals surface area contributed by atoms with Crippen LogP contribution in [-0.2, 0) is 4.79 Å². The summed E-state index contributed by atoms with van der Waals surface area (Å²) in [4.78, 5) is 26.5. The molecular formula is C19H28ClN3O2. The van der Waals surface area contributed by atoms with Gasteiger partial charge in [-0.15, -0.1) is 12.4 Å². The molecule has 0 spiro atoms. The van der Waals surface area contributed by atoms with Crippen molar-refractivity contribution in [1.29, 1.82) is 0 Å².